The number of carbonyl (C=O) groups excluding carboxylic acids is 1. The molecule has 1 heterocycles. The Balaban J connectivity index is 1.49. The molecule has 0 saturated carbocycles. The number of aromatic nitrogens is 1. The molecular weight excluding hydrogens is 358 g/mol. The Labute approximate surface area is 154 Å². The lowest BCUT2D eigenvalue weighted by atomic mass is 10.2. The first kappa shape index (κ1) is 17.3. The predicted octanol–water partition coefficient (Wildman–Crippen LogP) is 4.53. The molecule has 3 N–H and O–H groups in total. The van der Waals surface area contributed by atoms with E-state index in [0.29, 0.717) is 23.7 Å². The van der Waals surface area contributed by atoms with Gasteiger partial charge in [-0.3, -0.25) is 0 Å². The second-order valence-electron chi connectivity index (χ2n) is 5.31. The van der Waals surface area contributed by atoms with Crippen LogP contribution in [0.5, 0.6) is 5.75 Å². The van der Waals surface area contributed by atoms with Crippen molar-refractivity contribution >= 4 is 34.7 Å². The molecule has 3 aromatic rings. The molecule has 0 bridgehead atoms. The highest BCUT2D eigenvalue weighted by molar-refractivity contribution is 7.09. The third-order valence-corrected chi connectivity index (χ3v) is 4.57. The Morgan fingerprint density at radius 3 is 2.76 bits per heavy atom. The number of nitrogens with one attached hydrogen (secondary N) is 2. The van der Waals surface area contributed by atoms with Gasteiger partial charge in [-0.2, -0.15) is 0 Å². The number of halogens is 1. The lowest BCUT2D eigenvalue weighted by molar-refractivity contribution is 0.252. The number of carbonyl (C=O) groups is 1. The number of urea groups is 1. The topological polar surface area (TPSA) is 74.2 Å². The maximum atomic E-state index is 11.9. The van der Waals surface area contributed by atoms with Gasteiger partial charge in [0.15, 0.2) is 0 Å². The molecule has 128 valence electrons. The average Bonchev–Trinajstić information content (AvgIpc) is 3.04. The van der Waals surface area contributed by atoms with Gasteiger partial charge in [-0.25, -0.2) is 9.78 Å². The molecule has 5 nitrogen and oxygen atoms in total. The number of hydrogen-bond acceptors (Lipinski definition) is 4. The Morgan fingerprint density at radius 2 is 2.00 bits per heavy atom. The summed E-state index contributed by atoms with van der Waals surface area (Å²) in [5.74, 6) is 0.231. The molecule has 2 aromatic carbocycles. The first-order chi connectivity index (χ1) is 12.1. The van der Waals surface area contributed by atoms with E-state index in [1.807, 2.05) is 17.5 Å². The van der Waals surface area contributed by atoms with Gasteiger partial charge in [0, 0.05) is 34.6 Å². The van der Waals surface area contributed by atoms with Gasteiger partial charge in [0.25, 0.3) is 0 Å². The fraction of sp³-hybridized carbons (Fsp3) is 0.111. The van der Waals surface area contributed by atoms with Crippen LogP contribution in [0.2, 0.25) is 5.02 Å². The highest BCUT2D eigenvalue weighted by Gasteiger charge is 2.06. The first-order valence-electron chi connectivity index (χ1n) is 7.64. The number of phenolic OH excluding ortho intramolecular Hbond substituents is 1. The monoisotopic (exact) mass is 373 g/mol. The third kappa shape index (κ3) is 4.95. The Kier molecular flexibility index (Phi) is 5.53. The van der Waals surface area contributed by atoms with Crippen molar-refractivity contribution in [2.75, 3.05) is 11.9 Å². The molecule has 0 aliphatic rings. The predicted molar refractivity (Wildman–Crippen MR) is 101 cm³/mol. The van der Waals surface area contributed by atoms with E-state index < -0.39 is 0 Å². The van der Waals surface area contributed by atoms with Crippen molar-refractivity contribution in [1.82, 2.24) is 10.3 Å². The van der Waals surface area contributed by atoms with Crippen LogP contribution in [0.25, 0.3) is 11.3 Å². The van der Waals surface area contributed by atoms with Gasteiger partial charge in [-0.1, -0.05) is 17.7 Å². The van der Waals surface area contributed by atoms with Crippen molar-refractivity contribution in [3.05, 3.63) is 63.9 Å². The van der Waals surface area contributed by atoms with Crippen LogP contribution in [0.1, 0.15) is 5.01 Å². The van der Waals surface area contributed by atoms with Crippen LogP contribution in [0.15, 0.2) is 53.9 Å². The van der Waals surface area contributed by atoms with Crippen LogP contribution in [-0.4, -0.2) is 22.7 Å². The quantitative estimate of drug-likeness (QED) is 0.615. The van der Waals surface area contributed by atoms with Crippen molar-refractivity contribution in [3.8, 4) is 17.0 Å². The van der Waals surface area contributed by atoms with E-state index in [4.69, 9.17) is 11.6 Å². The highest BCUT2D eigenvalue weighted by Crippen LogP contribution is 2.23. The zero-order chi connectivity index (χ0) is 17.6. The van der Waals surface area contributed by atoms with Crippen LogP contribution >= 0.6 is 22.9 Å². The van der Waals surface area contributed by atoms with E-state index in [1.54, 1.807) is 47.7 Å². The molecule has 0 fully saturated rings. The lowest BCUT2D eigenvalue weighted by Crippen LogP contribution is -2.30. The standard InChI is InChI=1S/C18H16ClN3O2S/c19-13-2-1-3-14(10-13)21-18(24)20-9-8-17-22-16(11-25-17)12-4-6-15(23)7-5-12/h1-7,10-11,23H,8-9H2,(H2,20,21,24). The van der Waals surface area contributed by atoms with Crippen LogP contribution < -0.4 is 10.6 Å². The lowest BCUT2D eigenvalue weighted by Gasteiger charge is -2.07. The first-order valence-corrected chi connectivity index (χ1v) is 8.90. The molecule has 2 amide bonds. The number of thiazole rings is 1. The van der Waals surface area contributed by atoms with Crippen molar-refractivity contribution in [1.29, 1.82) is 0 Å². The van der Waals surface area contributed by atoms with Crippen LogP contribution in [0, 0.1) is 0 Å². The Morgan fingerprint density at radius 1 is 1.20 bits per heavy atom. The van der Waals surface area contributed by atoms with Crippen LogP contribution in [-0.2, 0) is 6.42 Å². The van der Waals surface area contributed by atoms with E-state index >= 15 is 0 Å². The number of amides is 2. The van der Waals surface area contributed by atoms with Gasteiger partial charge in [-0.15, -0.1) is 11.3 Å². The van der Waals surface area contributed by atoms with Gasteiger partial charge in [0.05, 0.1) is 10.7 Å². The number of aromatic hydroxyl groups is 1. The number of nitrogens with zero attached hydrogens (tertiary/aromatic N) is 1. The van der Waals surface area contributed by atoms with Crippen LogP contribution in [0.3, 0.4) is 0 Å². The van der Waals surface area contributed by atoms with Crippen molar-refractivity contribution in [2.24, 2.45) is 0 Å². The van der Waals surface area contributed by atoms with Crippen LogP contribution in [0.4, 0.5) is 10.5 Å². The van der Waals surface area contributed by atoms with E-state index in [1.165, 1.54) is 0 Å². The Bertz CT molecular complexity index is 865. The fourth-order valence-electron chi connectivity index (χ4n) is 2.21. The molecule has 0 aliphatic heterocycles. The maximum Gasteiger partial charge on any atom is 0.319 e. The number of rotatable bonds is 5. The van der Waals surface area contributed by atoms with Gasteiger partial charge in [0.1, 0.15) is 5.75 Å². The number of anilines is 1. The minimum absolute atomic E-state index is 0.231. The summed E-state index contributed by atoms with van der Waals surface area (Å²) in [5, 5.41) is 18.3. The van der Waals surface area contributed by atoms with E-state index in [9.17, 15) is 9.90 Å². The minimum Gasteiger partial charge on any atom is -0.508 e. The summed E-state index contributed by atoms with van der Waals surface area (Å²) >= 11 is 7.43. The number of phenols is 1. The highest BCUT2D eigenvalue weighted by atomic mass is 35.5. The summed E-state index contributed by atoms with van der Waals surface area (Å²) in [5.41, 5.74) is 2.46. The van der Waals surface area contributed by atoms with E-state index in [-0.39, 0.29) is 11.8 Å². The van der Waals surface area contributed by atoms with Crippen molar-refractivity contribution in [3.63, 3.8) is 0 Å². The SMILES string of the molecule is O=C(NCCc1nc(-c2ccc(O)cc2)cs1)Nc1cccc(Cl)c1. The van der Waals surface area contributed by atoms with E-state index in [0.717, 1.165) is 16.3 Å². The largest absolute Gasteiger partial charge is 0.508 e. The van der Waals surface area contributed by atoms with Gasteiger partial charge < -0.3 is 15.7 Å². The normalized spacial score (nSPS) is 10.4. The summed E-state index contributed by atoms with van der Waals surface area (Å²) < 4.78 is 0. The fourth-order valence-corrected chi connectivity index (χ4v) is 3.21. The molecule has 1 aromatic heterocycles. The summed E-state index contributed by atoms with van der Waals surface area (Å²) in [7, 11) is 0. The van der Waals surface area contributed by atoms with Crippen molar-refractivity contribution < 1.29 is 9.90 Å². The van der Waals surface area contributed by atoms with Gasteiger partial charge in [-0.05, 0) is 42.5 Å². The molecular formula is C18H16ClN3O2S. The summed E-state index contributed by atoms with van der Waals surface area (Å²) in [6.07, 6.45) is 0.645. The number of hydrogen-bond donors (Lipinski definition) is 3. The number of benzene rings is 2. The zero-order valence-corrected chi connectivity index (χ0v) is 14.8. The molecule has 3 rings (SSSR count). The summed E-state index contributed by atoms with van der Waals surface area (Å²) in [6.45, 7) is 0.481. The molecule has 0 unspecified atom stereocenters. The van der Waals surface area contributed by atoms with Crippen molar-refractivity contribution in [2.45, 2.75) is 6.42 Å². The average molecular weight is 374 g/mol. The second kappa shape index (κ2) is 8.00. The van der Waals surface area contributed by atoms with E-state index in [2.05, 4.69) is 15.6 Å². The molecule has 0 atom stereocenters. The Hall–Kier alpha value is -2.57. The maximum absolute atomic E-state index is 11.9. The second-order valence-corrected chi connectivity index (χ2v) is 6.69. The molecule has 0 radical (unpaired) electrons. The third-order valence-electron chi connectivity index (χ3n) is 3.42. The van der Waals surface area contributed by atoms with Gasteiger partial charge in [0.2, 0.25) is 0 Å². The zero-order valence-electron chi connectivity index (χ0n) is 13.2. The minimum atomic E-state index is -0.280. The molecule has 0 spiro atoms. The summed E-state index contributed by atoms with van der Waals surface area (Å²) in [6, 6.07) is 13.6. The molecule has 0 aliphatic carbocycles. The summed E-state index contributed by atoms with van der Waals surface area (Å²) in [4.78, 5) is 16.4. The smallest absolute Gasteiger partial charge is 0.319 e. The molecule has 0 saturated heterocycles. The van der Waals surface area contributed by atoms with Gasteiger partial charge >= 0.3 is 6.03 Å². The molecule has 7 heteroatoms. The molecule has 25 heavy (non-hydrogen) atoms.